The van der Waals surface area contributed by atoms with Crippen molar-refractivity contribution in [3.63, 3.8) is 0 Å². The molecule has 0 saturated heterocycles. The number of hydrogen-bond donors (Lipinski definition) is 1. The van der Waals surface area contributed by atoms with Gasteiger partial charge in [0.25, 0.3) is 5.69 Å². The summed E-state index contributed by atoms with van der Waals surface area (Å²) in [7, 11) is 0. The largest absolute Gasteiger partial charge is 0.494 e. The number of nitrogens with two attached hydrogens (primary N) is 1. The molecule has 10 heteroatoms. The van der Waals surface area contributed by atoms with Crippen LogP contribution >= 0.6 is 0 Å². The number of nitrogens with zero attached hydrogens (tertiary/aromatic N) is 1. The lowest BCUT2D eigenvalue weighted by Gasteiger charge is -2.17. The van der Waals surface area contributed by atoms with E-state index in [1.165, 1.54) is 43.9 Å². The van der Waals surface area contributed by atoms with Crippen molar-refractivity contribution >= 4 is 23.3 Å². The average molecular weight is 703 g/mol. The van der Waals surface area contributed by atoms with E-state index in [1.54, 1.807) is 12.1 Å². The van der Waals surface area contributed by atoms with E-state index in [1.807, 2.05) is 43.3 Å². The Morgan fingerprint density at radius 2 is 1.35 bits per heavy atom. The van der Waals surface area contributed by atoms with Gasteiger partial charge in [-0.05, 0) is 74.1 Å². The van der Waals surface area contributed by atoms with Crippen LogP contribution in [0.15, 0.2) is 73.3 Å². The molecule has 0 radical (unpaired) electrons. The van der Waals surface area contributed by atoms with Crippen LogP contribution in [-0.2, 0) is 9.53 Å². The first-order valence-corrected chi connectivity index (χ1v) is 18.3. The second-order valence-electron chi connectivity index (χ2n) is 12.8. The lowest BCUT2D eigenvalue weighted by atomic mass is 10.1. The Bertz CT molecular complexity index is 1520. The number of esters is 2. The molecule has 276 valence electrons. The normalized spacial score (nSPS) is 11.4. The first kappa shape index (κ1) is 40.6. The number of nitro benzene ring substituents is 1. The first-order valence-electron chi connectivity index (χ1n) is 18.3. The molecule has 0 aromatic heterocycles. The van der Waals surface area contributed by atoms with Gasteiger partial charge < -0.3 is 24.7 Å². The zero-order valence-electron chi connectivity index (χ0n) is 30.2. The van der Waals surface area contributed by atoms with Gasteiger partial charge in [0.15, 0.2) is 0 Å². The van der Waals surface area contributed by atoms with Gasteiger partial charge in [-0.25, -0.2) is 9.59 Å². The number of rotatable bonds is 25. The Kier molecular flexibility index (Phi) is 18.1. The standard InChI is InChI=1S/C41H54N2O8/c1-4-6-7-15-18-31(3)50-39-30-38(43(46)47)36(29-37(39)42)41(45)51-35-25-21-33(22-26-35)32-19-23-34(24-20-32)48-27-16-13-11-9-8-10-12-14-17-28-49-40(44)5-2/h5,19-26,29-31H,2,4,6-18,27-28,42H2,1,3H3/t31-/m1/s1. The molecule has 2 N–H and O–H groups in total. The Hall–Kier alpha value is -4.86. The minimum atomic E-state index is -0.876. The van der Waals surface area contributed by atoms with Crippen molar-refractivity contribution in [1.29, 1.82) is 0 Å². The van der Waals surface area contributed by atoms with E-state index in [9.17, 15) is 19.7 Å². The number of hydrogen-bond acceptors (Lipinski definition) is 9. The van der Waals surface area contributed by atoms with Crippen LogP contribution < -0.4 is 19.9 Å². The second kappa shape index (κ2) is 22.8. The molecular weight excluding hydrogens is 648 g/mol. The molecular formula is C41H54N2O8. The quantitative estimate of drug-likeness (QED) is 0.0174. The van der Waals surface area contributed by atoms with Crippen LogP contribution in [0.4, 0.5) is 11.4 Å². The molecule has 0 bridgehead atoms. The van der Waals surface area contributed by atoms with E-state index in [0.29, 0.717) is 13.2 Å². The molecule has 10 nitrogen and oxygen atoms in total. The molecule has 0 heterocycles. The van der Waals surface area contributed by atoms with Gasteiger partial charge in [0.1, 0.15) is 22.8 Å². The van der Waals surface area contributed by atoms with Crippen LogP contribution in [0, 0.1) is 10.1 Å². The smallest absolute Gasteiger partial charge is 0.350 e. The maximum Gasteiger partial charge on any atom is 0.350 e. The molecule has 0 spiro atoms. The van der Waals surface area contributed by atoms with Crippen LogP contribution in [0.3, 0.4) is 0 Å². The summed E-state index contributed by atoms with van der Waals surface area (Å²) in [5.74, 6) is 0.0110. The summed E-state index contributed by atoms with van der Waals surface area (Å²) in [6, 6.07) is 17.2. The molecule has 0 aliphatic heterocycles. The predicted octanol–water partition coefficient (Wildman–Crippen LogP) is 10.4. The number of nitro groups is 1. The van der Waals surface area contributed by atoms with Gasteiger partial charge in [-0.3, -0.25) is 10.1 Å². The molecule has 0 saturated carbocycles. The zero-order chi connectivity index (χ0) is 36.8. The Labute approximate surface area is 302 Å². The molecule has 0 amide bonds. The van der Waals surface area contributed by atoms with Gasteiger partial charge in [0.2, 0.25) is 0 Å². The number of unbranched alkanes of at least 4 members (excludes halogenated alkanes) is 11. The fourth-order valence-electron chi connectivity index (χ4n) is 5.62. The van der Waals surface area contributed by atoms with Crippen LogP contribution in [-0.4, -0.2) is 36.2 Å². The van der Waals surface area contributed by atoms with Gasteiger partial charge in [-0.15, -0.1) is 0 Å². The molecule has 51 heavy (non-hydrogen) atoms. The van der Waals surface area contributed by atoms with Crippen molar-refractivity contribution in [2.45, 2.75) is 110 Å². The lowest BCUT2D eigenvalue weighted by molar-refractivity contribution is -0.385. The fourth-order valence-corrected chi connectivity index (χ4v) is 5.62. The highest BCUT2D eigenvalue weighted by atomic mass is 16.6. The number of benzene rings is 3. The molecule has 3 aromatic carbocycles. The van der Waals surface area contributed by atoms with Crippen LogP contribution in [0.1, 0.15) is 114 Å². The Balaban J connectivity index is 1.40. The third-order valence-electron chi connectivity index (χ3n) is 8.56. The maximum absolute atomic E-state index is 13.0. The van der Waals surface area contributed by atoms with Crippen molar-refractivity contribution in [2.75, 3.05) is 18.9 Å². The molecule has 3 rings (SSSR count). The van der Waals surface area contributed by atoms with Crippen LogP contribution in [0.2, 0.25) is 0 Å². The summed E-state index contributed by atoms with van der Waals surface area (Å²) >= 11 is 0. The minimum Gasteiger partial charge on any atom is -0.494 e. The lowest BCUT2D eigenvalue weighted by Crippen LogP contribution is -2.15. The average Bonchev–Trinajstić information content (AvgIpc) is 3.13. The van der Waals surface area contributed by atoms with E-state index < -0.39 is 16.6 Å². The highest BCUT2D eigenvalue weighted by Crippen LogP contribution is 2.33. The Morgan fingerprint density at radius 3 is 1.92 bits per heavy atom. The summed E-state index contributed by atoms with van der Waals surface area (Å²) in [6.45, 7) is 8.57. The molecule has 0 unspecified atom stereocenters. The van der Waals surface area contributed by atoms with Crippen molar-refractivity contribution < 1.29 is 33.5 Å². The first-order chi connectivity index (χ1) is 24.7. The van der Waals surface area contributed by atoms with Crippen molar-refractivity contribution in [3.05, 3.63) is 89.0 Å². The monoisotopic (exact) mass is 702 g/mol. The van der Waals surface area contributed by atoms with Gasteiger partial charge in [-0.1, -0.05) is 102 Å². The SMILES string of the molecule is C=CC(=O)OCCCCCCCCCCCOc1ccc(-c2ccc(OC(=O)c3cc(N)c(O[C@H](C)CCCCCC)cc3[N+](=O)[O-])cc2)cc1. The molecule has 0 aliphatic rings. The van der Waals surface area contributed by atoms with E-state index in [-0.39, 0.29) is 34.8 Å². The van der Waals surface area contributed by atoms with Crippen molar-refractivity contribution in [2.24, 2.45) is 0 Å². The molecule has 0 fully saturated rings. The van der Waals surface area contributed by atoms with Crippen LogP contribution in [0.5, 0.6) is 17.2 Å². The summed E-state index contributed by atoms with van der Waals surface area (Å²) < 4.78 is 22.3. The second-order valence-corrected chi connectivity index (χ2v) is 12.8. The van der Waals surface area contributed by atoms with Crippen molar-refractivity contribution in [1.82, 2.24) is 0 Å². The number of nitrogen functional groups attached to an aromatic ring is 1. The van der Waals surface area contributed by atoms with Gasteiger partial charge in [0.05, 0.1) is 36.0 Å². The van der Waals surface area contributed by atoms with E-state index in [0.717, 1.165) is 81.1 Å². The highest BCUT2D eigenvalue weighted by Gasteiger charge is 2.26. The number of carbonyl (C=O) groups excluding carboxylic acids is 2. The maximum atomic E-state index is 13.0. The summed E-state index contributed by atoms with van der Waals surface area (Å²) in [6.07, 6.45) is 16.3. The third kappa shape index (κ3) is 14.9. The molecule has 1 atom stereocenters. The number of anilines is 1. The van der Waals surface area contributed by atoms with Crippen molar-refractivity contribution in [3.8, 4) is 28.4 Å². The Morgan fingerprint density at radius 1 is 0.804 bits per heavy atom. The van der Waals surface area contributed by atoms with Gasteiger partial charge in [-0.2, -0.15) is 0 Å². The predicted molar refractivity (Wildman–Crippen MR) is 201 cm³/mol. The fraction of sp³-hybridized carbons (Fsp3) is 0.463. The topological polar surface area (TPSA) is 140 Å². The molecule has 3 aromatic rings. The van der Waals surface area contributed by atoms with E-state index in [4.69, 9.17) is 24.7 Å². The molecule has 0 aliphatic carbocycles. The van der Waals surface area contributed by atoms with Gasteiger partial charge in [0, 0.05) is 6.08 Å². The minimum absolute atomic E-state index is 0.136. The summed E-state index contributed by atoms with van der Waals surface area (Å²) in [4.78, 5) is 35.3. The van der Waals surface area contributed by atoms with Crippen LogP contribution in [0.25, 0.3) is 11.1 Å². The highest BCUT2D eigenvalue weighted by molar-refractivity contribution is 5.97. The van der Waals surface area contributed by atoms with E-state index >= 15 is 0 Å². The number of carbonyl (C=O) groups is 2. The zero-order valence-corrected chi connectivity index (χ0v) is 30.2. The third-order valence-corrected chi connectivity index (χ3v) is 8.56. The van der Waals surface area contributed by atoms with E-state index in [2.05, 4.69) is 13.5 Å². The summed E-state index contributed by atoms with van der Waals surface area (Å²) in [5, 5.41) is 11.9. The summed E-state index contributed by atoms with van der Waals surface area (Å²) in [5.41, 5.74) is 7.50. The number of ether oxygens (including phenoxy) is 4. The van der Waals surface area contributed by atoms with Gasteiger partial charge >= 0.3 is 11.9 Å².